The molecule has 5 heteroatoms. The van der Waals surface area contributed by atoms with E-state index >= 15 is 0 Å². The number of rotatable bonds is 4. The Morgan fingerprint density at radius 3 is 2.79 bits per heavy atom. The molecule has 1 aliphatic rings. The van der Waals surface area contributed by atoms with E-state index in [1.807, 2.05) is 24.4 Å². The Morgan fingerprint density at radius 1 is 1.14 bits per heavy atom. The minimum absolute atomic E-state index is 0.649. The van der Waals surface area contributed by atoms with E-state index < -0.39 is 0 Å². The van der Waals surface area contributed by atoms with Gasteiger partial charge in [-0.2, -0.15) is 0 Å². The van der Waals surface area contributed by atoms with Crippen molar-refractivity contribution in [1.29, 1.82) is 0 Å². The summed E-state index contributed by atoms with van der Waals surface area (Å²) in [6, 6.07) is 16.5. The molecule has 140 valence electrons. The Morgan fingerprint density at radius 2 is 2.00 bits per heavy atom. The molecule has 0 saturated heterocycles. The van der Waals surface area contributed by atoms with Crippen molar-refractivity contribution in [2.75, 3.05) is 12.8 Å². The third-order valence-corrected chi connectivity index (χ3v) is 5.41. The molecule has 0 amide bonds. The van der Waals surface area contributed by atoms with E-state index in [9.17, 15) is 0 Å². The number of nitrogen functional groups attached to an aromatic ring is 1. The van der Waals surface area contributed by atoms with Crippen LogP contribution in [-0.4, -0.2) is 16.8 Å². The summed E-state index contributed by atoms with van der Waals surface area (Å²) in [7, 11) is 1.63. The van der Waals surface area contributed by atoms with Crippen molar-refractivity contribution in [3.05, 3.63) is 77.6 Å². The molecule has 2 N–H and O–H groups in total. The summed E-state index contributed by atoms with van der Waals surface area (Å²) in [5.41, 5.74) is 14.0. The van der Waals surface area contributed by atoms with E-state index in [2.05, 4.69) is 46.3 Å². The van der Waals surface area contributed by atoms with Gasteiger partial charge in [0, 0.05) is 23.9 Å². The Bertz CT molecular complexity index is 1140. The van der Waals surface area contributed by atoms with E-state index in [4.69, 9.17) is 15.0 Å². The van der Waals surface area contributed by atoms with Crippen molar-refractivity contribution in [3.8, 4) is 28.3 Å². The van der Waals surface area contributed by atoms with Gasteiger partial charge in [0.15, 0.2) is 5.76 Å². The number of benzene rings is 2. The highest BCUT2D eigenvalue weighted by Gasteiger charge is 2.26. The van der Waals surface area contributed by atoms with Gasteiger partial charge < -0.3 is 19.6 Å². The van der Waals surface area contributed by atoms with E-state index in [1.165, 1.54) is 22.4 Å². The van der Waals surface area contributed by atoms with Crippen molar-refractivity contribution in [2.45, 2.75) is 19.4 Å². The molecule has 0 radical (unpaired) electrons. The molecule has 0 fully saturated rings. The van der Waals surface area contributed by atoms with Crippen LogP contribution in [0.15, 0.2) is 65.4 Å². The van der Waals surface area contributed by atoms with Gasteiger partial charge in [0.2, 0.25) is 0 Å². The molecule has 0 unspecified atom stereocenters. The summed E-state index contributed by atoms with van der Waals surface area (Å²) >= 11 is 0. The lowest BCUT2D eigenvalue weighted by Gasteiger charge is -2.15. The zero-order chi connectivity index (χ0) is 19.1. The maximum Gasteiger partial charge on any atom is 0.171 e. The lowest BCUT2D eigenvalue weighted by atomic mass is 9.91. The molecule has 0 bridgehead atoms. The number of ether oxygens (including phenoxy) is 1. The summed E-state index contributed by atoms with van der Waals surface area (Å²) in [6.45, 7) is 0.717. The van der Waals surface area contributed by atoms with Crippen LogP contribution < -0.4 is 10.5 Å². The van der Waals surface area contributed by atoms with E-state index in [1.54, 1.807) is 7.11 Å². The van der Waals surface area contributed by atoms with Crippen molar-refractivity contribution >= 4 is 5.69 Å². The van der Waals surface area contributed by atoms with Crippen LogP contribution in [0.5, 0.6) is 5.75 Å². The fourth-order valence-corrected chi connectivity index (χ4v) is 4.11. The third-order valence-electron chi connectivity index (χ3n) is 5.41. The lowest BCUT2D eigenvalue weighted by Crippen LogP contribution is -2.04. The number of aryl methyl sites for hydroxylation is 1. The predicted molar refractivity (Wildman–Crippen MR) is 109 cm³/mol. The topological polar surface area (TPSA) is 66.2 Å². The molecule has 0 aliphatic heterocycles. The van der Waals surface area contributed by atoms with Crippen LogP contribution >= 0.6 is 0 Å². The average Bonchev–Trinajstić information content (AvgIpc) is 3.32. The molecular formula is C23H21N3O2. The largest absolute Gasteiger partial charge is 0.495 e. The first kappa shape index (κ1) is 16.7. The highest BCUT2D eigenvalue weighted by molar-refractivity contribution is 5.78. The van der Waals surface area contributed by atoms with Crippen LogP contribution in [0.3, 0.4) is 0 Å². The molecule has 2 aromatic carbocycles. The lowest BCUT2D eigenvalue weighted by molar-refractivity contribution is 0.417. The van der Waals surface area contributed by atoms with Crippen LogP contribution in [0, 0.1) is 0 Å². The first-order valence-corrected chi connectivity index (χ1v) is 9.38. The summed E-state index contributed by atoms with van der Waals surface area (Å²) < 4.78 is 13.2. The maximum absolute atomic E-state index is 6.12. The quantitative estimate of drug-likeness (QED) is 0.535. The number of hydrogen-bond acceptors (Lipinski definition) is 4. The van der Waals surface area contributed by atoms with Gasteiger partial charge in [0.1, 0.15) is 5.75 Å². The van der Waals surface area contributed by atoms with Gasteiger partial charge in [-0.25, -0.2) is 0 Å². The van der Waals surface area contributed by atoms with Gasteiger partial charge >= 0.3 is 0 Å². The summed E-state index contributed by atoms with van der Waals surface area (Å²) in [5.74, 6) is 1.59. The number of anilines is 1. The van der Waals surface area contributed by atoms with Crippen LogP contribution in [0.25, 0.3) is 22.6 Å². The maximum atomic E-state index is 6.12. The fraction of sp³-hybridized carbons (Fsp3) is 0.174. The molecule has 0 spiro atoms. The molecule has 2 aromatic heterocycles. The normalized spacial score (nSPS) is 12.5. The predicted octanol–water partition coefficient (Wildman–Crippen LogP) is 4.55. The summed E-state index contributed by atoms with van der Waals surface area (Å²) in [4.78, 5) is 0. The van der Waals surface area contributed by atoms with E-state index in [0.717, 1.165) is 36.3 Å². The molecule has 5 nitrogen and oxygen atoms in total. The number of nitrogens with two attached hydrogens (primary N) is 1. The molecule has 4 aromatic rings. The molecule has 0 atom stereocenters. The van der Waals surface area contributed by atoms with Crippen LogP contribution in [0.4, 0.5) is 5.69 Å². The second-order valence-electron chi connectivity index (χ2n) is 7.12. The van der Waals surface area contributed by atoms with Gasteiger partial charge in [-0.1, -0.05) is 41.6 Å². The van der Waals surface area contributed by atoms with Gasteiger partial charge in [-0.05, 0) is 41.7 Å². The Labute approximate surface area is 163 Å². The van der Waals surface area contributed by atoms with E-state index in [-0.39, 0.29) is 0 Å². The van der Waals surface area contributed by atoms with Crippen molar-refractivity contribution in [1.82, 2.24) is 9.72 Å². The van der Waals surface area contributed by atoms with Crippen molar-refractivity contribution in [3.63, 3.8) is 0 Å². The minimum atomic E-state index is 0.649. The van der Waals surface area contributed by atoms with E-state index in [0.29, 0.717) is 11.4 Å². The number of hydrogen-bond donors (Lipinski definition) is 1. The Kier molecular flexibility index (Phi) is 3.93. The van der Waals surface area contributed by atoms with Crippen LogP contribution in [0.1, 0.15) is 16.7 Å². The minimum Gasteiger partial charge on any atom is -0.495 e. The van der Waals surface area contributed by atoms with Crippen LogP contribution in [-0.2, 0) is 19.4 Å². The highest BCUT2D eigenvalue weighted by atomic mass is 16.5. The smallest absolute Gasteiger partial charge is 0.171 e. The number of fused-ring (bicyclic) bond motifs is 3. The highest BCUT2D eigenvalue weighted by Crippen LogP contribution is 2.40. The number of methoxy groups -OCH3 is 1. The molecule has 1 aliphatic carbocycles. The Hall–Kier alpha value is -3.47. The van der Waals surface area contributed by atoms with Gasteiger partial charge in [-0.15, -0.1) is 0 Å². The van der Waals surface area contributed by atoms with Crippen LogP contribution in [0.2, 0.25) is 0 Å². The molecule has 5 rings (SSSR count). The Balaban J connectivity index is 1.64. The summed E-state index contributed by atoms with van der Waals surface area (Å²) in [5, 5.41) is 4.01. The zero-order valence-corrected chi connectivity index (χ0v) is 15.7. The monoisotopic (exact) mass is 371 g/mol. The second kappa shape index (κ2) is 6.60. The first-order chi connectivity index (χ1) is 13.7. The third kappa shape index (κ3) is 2.67. The average molecular weight is 371 g/mol. The van der Waals surface area contributed by atoms with Crippen molar-refractivity contribution in [2.24, 2.45) is 0 Å². The standard InChI is InChI=1S/C23H21N3O2/c1-27-21-10-7-15(11-20(21)24)13-26-14-19-18(9-8-17-12-25-28-23(17)19)22(26)16-5-3-2-4-6-16/h2-7,10-12,14H,8-9,13,24H2,1H3. The fourth-order valence-electron chi connectivity index (χ4n) is 4.11. The molecule has 28 heavy (non-hydrogen) atoms. The van der Waals surface area contributed by atoms with Gasteiger partial charge in [0.25, 0.3) is 0 Å². The SMILES string of the molecule is COc1ccc(Cn2cc3c(c2-c2ccccc2)CCc2cnoc2-3)cc1N. The molecule has 0 saturated carbocycles. The zero-order valence-electron chi connectivity index (χ0n) is 15.7. The molecular weight excluding hydrogens is 350 g/mol. The number of aromatic nitrogens is 2. The van der Waals surface area contributed by atoms with Gasteiger partial charge in [0.05, 0.1) is 24.7 Å². The summed E-state index contributed by atoms with van der Waals surface area (Å²) in [6.07, 6.45) is 5.94. The number of nitrogens with zero attached hydrogens (tertiary/aromatic N) is 2. The first-order valence-electron chi connectivity index (χ1n) is 9.38. The van der Waals surface area contributed by atoms with Crippen molar-refractivity contribution < 1.29 is 9.26 Å². The van der Waals surface area contributed by atoms with Gasteiger partial charge in [-0.3, -0.25) is 0 Å². The second-order valence-corrected chi connectivity index (χ2v) is 7.12. The molecule has 2 heterocycles.